The number of nitrogens with two attached hydrogens (primary N) is 1. The number of halogens is 1. The first-order chi connectivity index (χ1) is 14.1. The number of fused-ring (bicyclic) bond motifs is 1. The van der Waals surface area contributed by atoms with Gasteiger partial charge in [-0.05, 0) is 48.2 Å². The zero-order valence-electron chi connectivity index (χ0n) is 15.7. The van der Waals surface area contributed by atoms with E-state index in [-0.39, 0.29) is 11.9 Å². The topological polar surface area (TPSA) is 76.3 Å². The van der Waals surface area contributed by atoms with Crippen molar-refractivity contribution in [2.45, 2.75) is 24.9 Å². The van der Waals surface area contributed by atoms with E-state index in [1.807, 2.05) is 24.3 Å². The van der Waals surface area contributed by atoms with Crippen LogP contribution >= 0.6 is 11.6 Å². The van der Waals surface area contributed by atoms with Gasteiger partial charge in [0.25, 0.3) is 5.91 Å². The monoisotopic (exact) mass is 405 g/mol. The van der Waals surface area contributed by atoms with E-state index >= 15 is 0 Å². The molecule has 2 aromatic carbocycles. The van der Waals surface area contributed by atoms with Gasteiger partial charge >= 0.3 is 0 Å². The summed E-state index contributed by atoms with van der Waals surface area (Å²) in [6, 6.07) is 16.9. The molecule has 2 amide bonds. The summed E-state index contributed by atoms with van der Waals surface area (Å²) in [6.07, 6.45) is 4.60. The number of benzene rings is 2. The highest BCUT2D eigenvalue weighted by molar-refractivity contribution is 6.31. The van der Waals surface area contributed by atoms with Crippen LogP contribution < -0.4 is 5.73 Å². The number of rotatable bonds is 5. The Bertz CT molecular complexity index is 1040. The molecule has 1 heterocycles. The molecule has 2 N–H and O–H groups in total. The van der Waals surface area contributed by atoms with Gasteiger partial charge in [0.2, 0.25) is 5.91 Å². The minimum Gasteiger partial charge on any atom is -0.368 e. The fraction of sp³-hybridized carbons (Fsp3) is 0.174. The zero-order chi connectivity index (χ0) is 20.4. The lowest BCUT2D eigenvalue weighted by atomic mass is 9.99. The first-order valence-electron chi connectivity index (χ1n) is 9.42. The fourth-order valence-corrected chi connectivity index (χ4v) is 4.32. The minimum absolute atomic E-state index is 0.254. The van der Waals surface area contributed by atoms with Crippen molar-refractivity contribution in [2.75, 3.05) is 0 Å². The summed E-state index contributed by atoms with van der Waals surface area (Å²) < 4.78 is 0. The second kappa shape index (κ2) is 8.05. The normalized spacial score (nSPS) is 16.1. The van der Waals surface area contributed by atoms with Crippen LogP contribution in [0, 0.1) is 0 Å². The Morgan fingerprint density at radius 2 is 1.86 bits per heavy atom. The van der Waals surface area contributed by atoms with E-state index in [0.29, 0.717) is 22.6 Å². The number of pyridine rings is 1. The van der Waals surface area contributed by atoms with Gasteiger partial charge in [-0.1, -0.05) is 48.0 Å². The first-order valence-corrected chi connectivity index (χ1v) is 9.80. The lowest BCUT2D eigenvalue weighted by Gasteiger charge is -2.35. The Morgan fingerprint density at radius 3 is 2.55 bits per heavy atom. The van der Waals surface area contributed by atoms with Gasteiger partial charge in [-0.15, -0.1) is 0 Å². The summed E-state index contributed by atoms with van der Waals surface area (Å²) in [4.78, 5) is 31.9. The molecule has 0 saturated heterocycles. The summed E-state index contributed by atoms with van der Waals surface area (Å²) in [5, 5.41) is 0.675. The molecule has 4 rings (SSSR count). The Morgan fingerprint density at radius 1 is 1.07 bits per heavy atom. The molecule has 1 aliphatic carbocycles. The molecular formula is C23H20ClN3O2. The molecule has 3 aromatic rings. The maximum atomic E-state index is 13.6. The molecule has 0 spiro atoms. The van der Waals surface area contributed by atoms with Gasteiger partial charge in [0.15, 0.2) is 0 Å². The highest BCUT2D eigenvalue weighted by Crippen LogP contribution is 2.43. The van der Waals surface area contributed by atoms with E-state index in [0.717, 1.165) is 17.5 Å². The molecule has 146 valence electrons. The average molecular weight is 406 g/mol. The van der Waals surface area contributed by atoms with Crippen LogP contribution in [-0.4, -0.2) is 21.7 Å². The predicted molar refractivity (Wildman–Crippen MR) is 111 cm³/mol. The molecule has 29 heavy (non-hydrogen) atoms. The lowest BCUT2D eigenvalue weighted by Crippen LogP contribution is -2.43. The lowest BCUT2D eigenvalue weighted by molar-refractivity contribution is -0.123. The third-order valence-electron chi connectivity index (χ3n) is 5.32. The number of carbonyl (C=O) groups excluding carboxylic acids is 2. The molecule has 0 radical (unpaired) electrons. The van der Waals surface area contributed by atoms with Crippen LogP contribution in [0.5, 0.6) is 0 Å². The highest BCUT2D eigenvalue weighted by atomic mass is 35.5. The third kappa shape index (κ3) is 3.61. The van der Waals surface area contributed by atoms with E-state index in [9.17, 15) is 9.59 Å². The highest BCUT2D eigenvalue weighted by Gasteiger charge is 2.39. The van der Waals surface area contributed by atoms with Gasteiger partial charge < -0.3 is 10.6 Å². The van der Waals surface area contributed by atoms with E-state index in [1.165, 1.54) is 0 Å². The van der Waals surface area contributed by atoms with Crippen molar-refractivity contribution in [3.8, 4) is 0 Å². The Labute approximate surface area is 174 Å². The summed E-state index contributed by atoms with van der Waals surface area (Å²) >= 11 is 6.39. The van der Waals surface area contributed by atoms with Crippen molar-refractivity contribution in [1.29, 1.82) is 0 Å². The maximum absolute atomic E-state index is 13.6. The van der Waals surface area contributed by atoms with Crippen molar-refractivity contribution < 1.29 is 9.59 Å². The molecule has 6 heteroatoms. The molecule has 0 fully saturated rings. The number of aromatic nitrogens is 1. The van der Waals surface area contributed by atoms with Crippen LogP contribution in [0.3, 0.4) is 0 Å². The Hall–Kier alpha value is -3.18. The summed E-state index contributed by atoms with van der Waals surface area (Å²) in [5.74, 6) is -0.853. The standard InChI is InChI=1S/C23H20ClN3O2/c24-19-10-4-9-18-17(19)11-12-20(18)27(23(29)15-6-2-1-3-7-15)21(22(25)28)16-8-5-13-26-14-16/h1-10,13-14,20-21H,11-12H2,(H2,25,28)/t20-,21-/m1/s1. The number of carbonyl (C=O) groups is 2. The van der Waals surface area contributed by atoms with Gasteiger partial charge in [0.1, 0.15) is 6.04 Å². The third-order valence-corrected chi connectivity index (χ3v) is 5.67. The van der Waals surface area contributed by atoms with Crippen LogP contribution in [0.2, 0.25) is 5.02 Å². The minimum atomic E-state index is -0.939. The summed E-state index contributed by atoms with van der Waals surface area (Å²) in [7, 11) is 0. The van der Waals surface area contributed by atoms with Crippen LogP contribution in [0.4, 0.5) is 0 Å². The van der Waals surface area contributed by atoms with E-state index in [2.05, 4.69) is 4.98 Å². The molecule has 0 bridgehead atoms. The molecular weight excluding hydrogens is 386 g/mol. The van der Waals surface area contributed by atoms with Crippen molar-refractivity contribution in [3.63, 3.8) is 0 Å². The van der Waals surface area contributed by atoms with Crippen LogP contribution in [0.25, 0.3) is 0 Å². The summed E-state index contributed by atoms with van der Waals surface area (Å²) in [5.41, 5.74) is 8.87. The van der Waals surface area contributed by atoms with E-state index in [4.69, 9.17) is 17.3 Å². The molecule has 0 unspecified atom stereocenters. The van der Waals surface area contributed by atoms with E-state index in [1.54, 1.807) is 53.7 Å². The van der Waals surface area contributed by atoms with Gasteiger partial charge in [0.05, 0.1) is 6.04 Å². The molecule has 0 saturated carbocycles. The predicted octanol–water partition coefficient (Wildman–Crippen LogP) is 4.09. The Kier molecular flexibility index (Phi) is 5.32. The van der Waals surface area contributed by atoms with Crippen molar-refractivity contribution >= 4 is 23.4 Å². The van der Waals surface area contributed by atoms with Crippen molar-refractivity contribution in [2.24, 2.45) is 5.73 Å². The van der Waals surface area contributed by atoms with Crippen LogP contribution in [-0.2, 0) is 11.2 Å². The molecule has 2 atom stereocenters. The summed E-state index contributed by atoms with van der Waals surface area (Å²) in [6.45, 7) is 0. The number of hydrogen-bond acceptors (Lipinski definition) is 3. The smallest absolute Gasteiger partial charge is 0.255 e. The quantitative estimate of drug-likeness (QED) is 0.694. The molecule has 1 aromatic heterocycles. The number of amides is 2. The van der Waals surface area contributed by atoms with Crippen LogP contribution in [0.1, 0.15) is 45.6 Å². The van der Waals surface area contributed by atoms with Gasteiger partial charge in [-0.25, -0.2) is 0 Å². The number of nitrogens with zero attached hydrogens (tertiary/aromatic N) is 2. The van der Waals surface area contributed by atoms with Gasteiger partial charge in [-0.3, -0.25) is 14.6 Å². The SMILES string of the molecule is NC(=O)[C@@H](c1cccnc1)N(C(=O)c1ccccc1)[C@@H]1CCc2c(Cl)cccc21. The van der Waals surface area contributed by atoms with Gasteiger partial charge in [-0.2, -0.15) is 0 Å². The molecule has 1 aliphatic rings. The Balaban J connectivity index is 1.86. The average Bonchev–Trinajstić information content (AvgIpc) is 3.17. The van der Waals surface area contributed by atoms with Crippen LogP contribution in [0.15, 0.2) is 73.1 Å². The second-order valence-corrected chi connectivity index (χ2v) is 7.44. The molecule has 5 nitrogen and oxygen atoms in total. The number of hydrogen-bond donors (Lipinski definition) is 1. The van der Waals surface area contributed by atoms with Gasteiger partial charge in [0, 0.05) is 28.5 Å². The fourth-order valence-electron chi connectivity index (χ4n) is 4.04. The van der Waals surface area contributed by atoms with Crippen molar-refractivity contribution in [3.05, 3.63) is 100 Å². The zero-order valence-corrected chi connectivity index (χ0v) is 16.4. The number of primary amides is 1. The van der Waals surface area contributed by atoms with Crippen molar-refractivity contribution in [1.82, 2.24) is 9.88 Å². The maximum Gasteiger partial charge on any atom is 0.255 e. The second-order valence-electron chi connectivity index (χ2n) is 7.03. The molecule has 0 aliphatic heterocycles. The van der Waals surface area contributed by atoms with E-state index < -0.39 is 11.9 Å². The first kappa shape index (κ1) is 19.2. The largest absolute Gasteiger partial charge is 0.368 e.